The topological polar surface area (TPSA) is 41.6 Å². The number of piperidine rings is 1. The average Bonchev–Trinajstić information content (AvgIpc) is 2.62. The second-order valence-corrected chi connectivity index (χ2v) is 6.37. The van der Waals surface area contributed by atoms with Gasteiger partial charge in [0.25, 0.3) is 0 Å². The van der Waals surface area contributed by atoms with Gasteiger partial charge in [0.15, 0.2) is 0 Å². The van der Waals surface area contributed by atoms with Gasteiger partial charge >= 0.3 is 0 Å². The van der Waals surface area contributed by atoms with Gasteiger partial charge in [0.1, 0.15) is 12.4 Å². The van der Waals surface area contributed by atoms with E-state index in [4.69, 9.17) is 4.74 Å². The highest BCUT2D eigenvalue weighted by Gasteiger charge is 2.23. The van der Waals surface area contributed by atoms with Crippen LogP contribution in [0, 0.1) is 5.92 Å². The Morgan fingerprint density at radius 2 is 1.75 bits per heavy atom. The number of nitrogens with zero attached hydrogens (tertiary/aromatic N) is 1. The van der Waals surface area contributed by atoms with Gasteiger partial charge < -0.3 is 15.0 Å². The van der Waals surface area contributed by atoms with Crippen LogP contribution < -0.4 is 10.1 Å². The van der Waals surface area contributed by atoms with Crippen LogP contribution in [0.15, 0.2) is 54.6 Å². The van der Waals surface area contributed by atoms with E-state index in [0.717, 1.165) is 42.9 Å². The zero-order chi connectivity index (χ0) is 16.8. The predicted octanol–water partition coefficient (Wildman–Crippen LogP) is 3.55. The van der Waals surface area contributed by atoms with Crippen LogP contribution >= 0.6 is 0 Å². The molecule has 1 heterocycles. The van der Waals surface area contributed by atoms with Crippen LogP contribution in [0.3, 0.4) is 0 Å². The third kappa shape index (κ3) is 4.59. The first kappa shape index (κ1) is 16.5. The van der Waals surface area contributed by atoms with Gasteiger partial charge in [-0.1, -0.05) is 30.3 Å². The number of anilines is 1. The van der Waals surface area contributed by atoms with Crippen LogP contribution in [0.5, 0.6) is 5.75 Å². The molecule has 0 unspecified atom stereocenters. The van der Waals surface area contributed by atoms with Crippen LogP contribution in [0.4, 0.5) is 5.69 Å². The van der Waals surface area contributed by atoms with Gasteiger partial charge in [0, 0.05) is 11.6 Å². The number of carbonyl (C=O) groups is 1. The van der Waals surface area contributed by atoms with Crippen molar-refractivity contribution >= 4 is 11.6 Å². The number of ether oxygens (including phenoxy) is 1. The van der Waals surface area contributed by atoms with Gasteiger partial charge in [0.05, 0.1) is 0 Å². The molecule has 24 heavy (non-hydrogen) atoms. The third-order valence-corrected chi connectivity index (χ3v) is 4.46. The maximum Gasteiger partial charge on any atom is 0.227 e. The van der Waals surface area contributed by atoms with Crippen LogP contribution in [0.1, 0.15) is 18.4 Å². The first-order chi connectivity index (χ1) is 11.7. The fourth-order valence-corrected chi connectivity index (χ4v) is 2.89. The van der Waals surface area contributed by atoms with Gasteiger partial charge in [-0.2, -0.15) is 0 Å². The van der Waals surface area contributed by atoms with Crippen LogP contribution in [0.2, 0.25) is 0 Å². The molecule has 0 aliphatic carbocycles. The SMILES string of the molecule is CN1CCC(C(=O)Nc2ccc(OCc3ccccc3)cc2)CC1. The maximum absolute atomic E-state index is 12.3. The molecule has 1 fully saturated rings. The molecule has 0 bridgehead atoms. The summed E-state index contributed by atoms with van der Waals surface area (Å²) in [6.45, 7) is 2.52. The molecule has 126 valence electrons. The molecule has 1 N–H and O–H groups in total. The largest absolute Gasteiger partial charge is 0.489 e. The summed E-state index contributed by atoms with van der Waals surface area (Å²) < 4.78 is 5.76. The van der Waals surface area contributed by atoms with Gasteiger partial charge in [-0.3, -0.25) is 4.79 Å². The molecule has 0 radical (unpaired) electrons. The predicted molar refractivity (Wildman–Crippen MR) is 96.1 cm³/mol. The molecule has 2 aromatic rings. The molecule has 3 rings (SSSR count). The van der Waals surface area contributed by atoms with E-state index in [2.05, 4.69) is 17.3 Å². The summed E-state index contributed by atoms with van der Waals surface area (Å²) in [5.41, 5.74) is 1.96. The van der Waals surface area contributed by atoms with E-state index < -0.39 is 0 Å². The molecule has 0 aromatic heterocycles. The monoisotopic (exact) mass is 324 g/mol. The number of carbonyl (C=O) groups excluding carboxylic acids is 1. The van der Waals surface area contributed by atoms with E-state index >= 15 is 0 Å². The van der Waals surface area contributed by atoms with Crippen LogP contribution in [-0.4, -0.2) is 30.9 Å². The van der Waals surface area contributed by atoms with E-state index in [0.29, 0.717) is 6.61 Å². The Labute approximate surface area is 143 Å². The summed E-state index contributed by atoms with van der Waals surface area (Å²) in [6, 6.07) is 17.7. The van der Waals surface area contributed by atoms with Crippen LogP contribution in [-0.2, 0) is 11.4 Å². The molecule has 0 atom stereocenters. The van der Waals surface area contributed by atoms with Crippen molar-refractivity contribution in [1.82, 2.24) is 4.90 Å². The van der Waals surface area contributed by atoms with Crippen molar-refractivity contribution in [3.05, 3.63) is 60.2 Å². The van der Waals surface area contributed by atoms with Crippen molar-refractivity contribution < 1.29 is 9.53 Å². The van der Waals surface area contributed by atoms with Gasteiger partial charge in [-0.15, -0.1) is 0 Å². The lowest BCUT2D eigenvalue weighted by molar-refractivity contribution is -0.121. The number of hydrogen-bond donors (Lipinski definition) is 1. The Morgan fingerprint density at radius 1 is 1.08 bits per heavy atom. The Kier molecular flexibility index (Phi) is 5.49. The first-order valence-corrected chi connectivity index (χ1v) is 8.47. The van der Waals surface area contributed by atoms with E-state index in [1.54, 1.807) is 0 Å². The number of likely N-dealkylation sites (tertiary alicyclic amines) is 1. The minimum atomic E-state index is 0.121. The summed E-state index contributed by atoms with van der Waals surface area (Å²) in [5, 5.41) is 3.01. The Morgan fingerprint density at radius 3 is 2.42 bits per heavy atom. The minimum Gasteiger partial charge on any atom is -0.489 e. The summed E-state index contributed by atoms with van der Waals surface area (Å²) >= 11 is 0. The second-order valence-electron chi connectivity index (χ2n) is 6.37. The fourth-order valence-electron chi connectivity index (χ4n) is 2.89. The summed E-state index contributed by atoms with van der Waals surface area (Å²) in [5.74, 6) is 1.05. The first-order valence-electron chi connectivity index (χ1n) is 8.47. The van der Waals surface area contributed by atoms with Crippen molar-refractivity contribution in [2.24, 2.45) is 5.92 Å². The number of nitrogens with one attached hydrogen (secondary N) is 1. The second kappa shape index (κ2) is 7.97. The molecule has 1 saturated heterocycles. The smallest absolute Gasteiger partial charge is 0.227 e. The Bertz CT molecular complexity index is 647. The molecule has 1 aliphatic heterocycles. The highest BCUT2D eigenvalue weighted by molar-refractivity contribution is 5.92. The molecule has 0 spiro atoms. The molecule has 4 nitrogen and oxygen atoms in total. The molecule has 4 heteroatoms. The zero-order valence-corrected chi connectivity index (χ0v) is 14.1. The lowest BCUT2D eigenvalue weighted by Gasteiger charge is -2.28. The highest BCUT2D eigenvalue weighted by Crippen LogP contribution is 2.21. The van der Waals surface area contributed by atoms with E-state index in [1.165, 1.54) is 0 Å². The van der Waals surface area contributed by atoms with Gasteiger partial charge in [-0.05, 0) is 62.8 Å². The minimum absolute atomic E-state index is 0.121. The summed E-state index contributed by atoms with van der Waals surface area (Å²) in [7, 11) is 2.10. The maximum atomic E-state index is 12.3. The number of amides is 1. The lowest BCUT2D eigenvalue weighted by Crippen LogP contribution is -2.35. The van der Waals surface area contributed by atoms with Crippen molar-refractivity contribution in [2.75, 3.05) is 25.5 Å². The molecule has 1 aliphatic rings. The average molecular weight is 324 g/mol. The van der Waals surface area contributed by atoms with E-state index in [-0.39, 0.29) is 11.8 Å². The Balaban J connectivity index is 1.50. The summed E-state index contributed by atoms with van der Waals surface area (Å²) in [6.07, 6.45) is 1.86. The van der Waals surface area contributed by atoms with E-state index in [1.807, 2.05) is 54.6 Å². The lowest BCUT2D eigenvalue weighted by atomic mass is 9.96. The van der Waals surface area contributed by atoms with E-state index in [9.17, 15) is 4.79 Å². The molecular weight excluding hydrogens is 300 g/mol. The molecule has 1 amide bonds. The van der Waals surface area contributed by atoms with Crippen molar-refractivity contribution in [3.8, 4) is 5.75 Å². The normalized spacial score (nSPS) is 15.9. The molecular formula is C20H24N2O2. The molecule has 2 aromatic carbocycles. The highest BCUT2D eigenvalue weighted by atomic mass is 16.5. The van der Waals surface area contributed by atoms with Gasteiger partial charge in [-0.25, -0.2) is 0 Å². The van der Waals surface area contributed by atoms with Gasteiger partial charge in [0.2, 0.25) is 5.91 Å². The van der Waals surface area contributed by atoms with Crippen molar-refractivity contribution in [1.29, 1.82) is 0 Å². The number of rotatable bonds is 5. The molecule has 0 saturated carbocycles. The zero-order valence-electron chi connectivity index (χ0n) is 14.1. The quantitative estimate of drug-likeness (QED) is 0.914. The number of hydrogen-bond acceptors (Lipinski definition) is 3. The van der Waals surface area contributed by atoms with Crippen LogP contribution in [0.25, 0.3) is 0 Å². The Hall–Kier alpha value is -2.33. The number of benzene rings is 2. The van der Waals surface area contributed by atoms with Crippen molar-refractivity contribution in [2.45, 2.75) is 19.4 Å². The third-order valence-electron chi connectivity index (χ3n) is 4.46. The fraction of sp³-hybridized carbons (Fsp3) is 0.350. The summed E-state index contributed by atoms with van der Waals surface area (Å²) in [4.78, 5) is 14.6. The standard InChI is InChI=1S/C20H24N2O2/c1-22-13-11-17(12-14-22)20(23)21-18-7-9-19(10-8-18)24-15-16-5-3-2-4-6-16/h2-10,17H,11-15H2,1H3,(H,21,23). The van der Waals surface area contributed by atoms with Crippen molar-refractivity contribution in [3.63, 3.8) is 0 Å².